The number of rotatable bonds is 6. The Morgan fingerprint density at radius 1 is 0.667 bits per heavy atom. The van der Waals surface area contributed by atoms with Crippen LogP contribution in [0.3, 0.4) is 0 Å². The highest BCUT2D eigenvalue weighted by atomic mass is 32.1. The molecule has 0 fully saturated rings. The van der Waals surface area contributed by atoms with Gasteiger partial charge in [-0.25, -0.2) is 9.36 Å². The summed E-state index contributed by atoms with van der Waals surface area (Å²) in [5, 5.41) is 9.86. The van der Waals surface area contributed by atoms with Gasteiger partial charge in [-0.1, -0.05) is 120 Å². The summed E-state index contributed by atoms with van der Waals surface area (Å²) in [7, 11) is -3.09. The average molecular weight is 555 g/mol. The molecule has 3 aromatic carbocycles. The van der Waals surface area contributed by atoms with E-state index in [1.165, 1.54) is 0 Å². The molecule has 5 aromatic rings. The van der Waals surface area contributed by atoms with Crippen molar-refractivity contribution in [2.24, 2.45) is 0 Å². The van der Waals surface area contributed by atoms with Gasteiger partial charge in [-0.05, 0) is 36.1 Å². The highest BCUT2D eigenvalue weighted by molar-refractivity contribution is 8.28. The molecule has 0 bridgehead atoms. The van der Waals surface area contributed by atoms with E-state index >= 15 is 0 Å². The van der Waals surface area contributed by atoms with Crippen molar-refractivity contribution in [2.75, 3.05) is 0 Å². The Balaban J connectivity index is 1.84. The molecule has 0 amide bonds. The van der Waals surface area contributed by atoms with Crippen molar-refractivity contribution in [3.05, 3.63) is 103 Å². The lowest BCUT2D eigenvalue weighted by molar-refractivity contribution is 0.597. The molecule has 5 nitrogen and oxygen atoms in total. The van der Waals surface area contributed by atoms with E-state index in [-0.39, 0.29) is 10.3 Å². The van der Waals surface area contributed by atoms with Gasteiger partial charge < -0.3 is 4.57 Å². The predicted octanol–water partition coefficient (Wildman–Crippen LogP) is 8.57. The highest BCUT2D eigenvalue weighted by Crippen LogP contribution is 2.74. The molecule has 2 heterocycles. The lowest BCUT2D eigenvalue weighted by Gasteiger charge is -2.40. The number of benzene rings is 3. The van der Waals surface area contributed by atoms with E-state index in [0.717, 1.165) is 39.3 Å². The zero-order valence-electron chi connectivity index (χ0n) is 23.5. The van der Waals surface area contributed by atoms with Gasteiger partial charge in [-0.3, -0.25) is 0 Å². The zero-order valence-corrected chi connectivity index (χ0v) is 25.4. The van der Waals surface area contributed by atoms with Crippen molar-refractivity contribution >= 4 is 20.5 Å². The Hall–Kier alpha value is -3.26. The van der Waals surface area contributed by atoms with Crippen LogP contribution in [-0.2, 0) is 4.57 Å². The fourth-order valence-corrected chi connectivity index (χ4v) is 14.3. The monoisotopic (exact) mass is 554 g/mol. The van der Waals surface area contributed by atoms with Gasteiger partial charge in [0, 0.05) is 11.1 Å². The lowest BCUT2D eigenvalue weighted by atomic mass is 10.1. The summed E-state index contributed by atoms with van der Waals surface area (Å²) < 4.78 is 18.5. The summed E-state index contributed by atoms with van der Waals surface area (Å²) in [5.41, 5.74) is 6.28. The molecule has 0 N–H and O–H groups in total. The van der Waals surface area contributed by atoms with Crippen LogP contribution < -0.4 is 5.44 Å². The van der Waals surface area contributed by atoms with Crippen molar-refractivity contribution in [1.82, 2.24) is 19.6 Å². The first-order valence-electron chi connectivity index (χ1n) is 13.3. The van der Waals surface area contributed by atoms with Gasteiger partial charge in [0.05, 0.1) is 11.9 Å². The minimum atomic E-state index is -2.23. The maximum Gasteiger partial charge on any atom is 0.142 e. The van der Waals surface area contributed by atoms with E-state index in [4.69, 9.17) is 10.2 Å². The SMILES string of the molecule is CC(C)(C)P([PH](=O)c1ccnn1-c1c(-c2ccccc2)nn(-c2ccccc2)c1-c1ccccc1)C(C)(C)C. The largest absolute Gasteiger partial charge is 0.316 e. The van der Waals surface area contributed by atoms with Crippen molar-refractivity contribution < 1.29 is 4.57 Å². The molecular formula is C32H36N4OP2. The number of hydrogen-bond acceptors (Lipinski definition) is 3. The van der Waals surface area contributed by atoms with E-state index < -0.39 is 15.1 Å². The van der Waals surface area contributed by atoms with Crippen LogP contribution in [0.1, 0.15) is 41.5 Å². The van der Waals surface area contributed by atoms with E-state index in [1.54, 1.807) is 6.20 Å². The summed E-state index contributed by atoms with van der Waals surface area (Å²) in [4.78, 5) is 0. The first kappa shape index (κ1) is 27.3. The summed E-state index contributed by atoms with van der Waals surface area (Å²) >= 11 is 0. The van der Waals surface area contributed by atoms with Gasteiger partial charge in [0.2, 0.25) is 0 Å². The smallest absolute Gasteiger partial charge is 0.142 e. The number of nitrogens with zero attached hydrogens (tertiary/aromatic N) is 4. The topological polar surface area (TPSA) is 52.7 Å². The van der Waals surface area contributed by atoms with Crippen molar-refractivity contribution in [3.8, 4) is 33.9 Å². The van der Waals surface area contributed by atoms with Gasteiger partial charge >= 0.3 is 0 Å². The van der Waals surface area contributed by atoms with Gasteiger partial charge in [-0.2, -0.15) is 10.2 Å². The average Bonchev–Trinajstić information content (AvgIpc) is 3.54. The molecule has 0 aliphatic rings. The molecule has 1 atom stereocenters. The molecule has 5 rings (SSSR count). The maximum absolute atomic E-state index is 14.6. The number of hydrogen-bond donors (Lipinski definition) is 0. The third-order valence-electron chi connectivity index (χ3n) is 6.57. The van der Waals surface area contributed by atoms with Crippen LogP contribution in [0.4, 0.5) is 0 Å². The van der Waals surface area contributed by atoms with Gasteiger partial charge in [0.25, 0.3) is 0 Å². The molecule has 0 saturated carbocycles. The Kier molecular flexibility index (Phi) is 7.51. The Bertz CT molecular complexity index is 1560. The van der Waals surface area contributed by atoms with E-state index in [2.05, 4.69) is 77.9 Å². The van der Waals surface area contributed by atoms with Crippen molar-refractivity contribution in [2.45, 2.75) is 51.9 Å². The fraction of sp³-hybridized carbons (Fsp3) is 0.250. The molecule has 0 radical (unpaired) electrons. The molecule has 0 aliphatic heterocycles. The molecule has 0 saturated heterocycles. The van der Waals surface area contributed by atoms with Crippen LogP contribution in [0.25, 0.3) is 33.9 Å². The van der Waals surface area contributed by atoms with Crippen LogP contribution in [0.5, 0.6) is 0 Å². The standard InChI is InChI=1S/C32H36N4OP2/c1-31(2,3)39(32(4,5)6)38(37)27-22-23-33-36(27)30-28(24-16-10-7-11-17-24)34-35(26-20-14-9-15-21-26)29(30)25-18-12-8-13-19-25/h7-23,38H,1-6H3. The third kappa shape index (κ3) is 5.44. The number of para-hydroxylation sites is 1. The highest BCUT2D eigenvalue weighted by Gasteiger charge is 2.41. The second-order valence-electron chi connectivity index (χ2n) is 11.6. The summed E-state index contributed by atoms with van der Waals surface area (Å²) in [6.07, 6.45) is 1.78. The summed E-state index contributed by atoms with van der Waals surface area (Å²) in [6.45, 7) is 13.3. The van der Waals surface area contributed by atoms with Crippen molar-refractivity contribution in [3.63, 3.8) is 0 Å². The van der Waals surface area contributed by atoms with E-state index in [1.807, 2.05) is 70.0 Å². The molecule has 39 heavy (non-hydrogen) atoms. The molecule has 200 valence electrons. The molecule has 0 spiro atoms. The lowest BCUT2D eigenvalue weighted by Crippen LogP contribution is -2.26. The Morgan fingerprint density at radius 2 is 1.18 bits per heavy atom. The van der Waals surface area contributed by atoms with Crippen LogP contribution in [0.2, 0.25) is 0 Å². The van der Waals surface area contributed by atoms with Crippen LogP contribution >= 0.6 is 15.1 Å². The summed E-state index contributed by atoms with van der Waals surface area (Å²) in [5.74, 6) is 0. The van der Waals surface area contributed by atoms with Gasteiger partial charge in [0.1, 0.15) is 30.0 Å². The molecule has 2 aromatic heterocycles. The van der Waals surface area contributed by atoms with E-state index in [9.17, 15) is 4.57 Å². The Labute approximate surface area is 233 Å². The minimum Gasteiger partial charge on any atom is -0.316 e. The van der Waals surface area contributed by atoms with Gasteiger partial charge in [-0.15, -0.1) is 0 Å². The molecule has 7 heteroatoms. The van der Waals surface area contributed by atoms with Gasteiger partial charge in [0.15, 0.2) is 0 Å². The first-order valence-corrected chi connectivity index (χ1v) is 16.8. The molecular weight excluding hydrogens is 518 g/mol. The second kappa shape index (κ2) is 10.7. The van der Waals surface area contributed by atoms with Crippen molar-refractivity contribution in [1.29, 1.82) is 0 Å². The van der Waals surface area contributed by atoms with Crippen LogP contribution in [-0.4, -0.2) is 29.9 Å². The first-order chi connectivity index (χ1) is 18.6. The second-order valence-corrected chi connectivity index (χ2v) is 18.7. The quantitative estimate of drug-likeness (QED) is 0.198. The van der Waals surface area contributed by atoms with Crippen LogP contribution in [0.15, 0.2) is 103 Å². The predicted molar refractivity (Wildman–Crippen MR) is 167 cm³/mol. The normalized spacial score (nSPS) is 13.1. The number of aromatic nitrogens is 4. The zero-order chi connectivity index (χ0) is 27.8. The minimum absolute atomic E-state index is 0.0858. The maximum atomic E-state index is 14.6. The van der Waals surface area contributed by atoms with Crippen LogP contribution in [0, 0.1) is 0 Å². The molecule has 1 unspecified atom stereocenters. The Morgan fingerprint density at radius 3 is 1.72 bits per heavy atom. The van der Waals surface area contributed by atoms with E-state index in [0.29, 0.717) is 0 Å². The molecule has 0 aliphatic carbocycles. The fourth-order valence-electron chi connectivity index (χ4n) is 5.39. The third-order valence-corrected chi connectivity index (χ3v) is 16.4. The summed E-state index contributed by atoms with van der Waals surface area (Å²) in [6, 6.07) is 32.6.